The van der Waals surface area contributed by atoms with Gasteiger partial charge in [0.25, 0.3) is 0 Å². The smallest absolute Gasteiger partial charge is 0.224 e. The van der Waals surface area contributed by atoms with Gasteiger partial charge in [-0.2, -0.15) is 0 Å². The van der Waals surface area contributed by atoms with Crippen LogP contribution in [0.3, 0.4) is 0 Å². The molecule has 2 N–H and O–H groups in total. The van der Waals surface area contributed by atoms with Crippen molar-refractivity contribution in [1.82, 2.24) is 20.5 Å². The molecule has 7 heteroatoms. The fourth-order valence-corrected chi connectivity index (χ4v) is 2.89. The number of nitrogens with zero attached hydrogens (tertiary/aromatic N) is 4. The van der Waals surface area contributed by atoms with Crippen molar-refractivity contribution in [2.45, 2.75) is 32.2 Å². The summed E-state index contributed by atoms with van der Waals surface area (Å²) in [5.74, 6) is 2.00. The predicted octanol–water partition coefficient (Wildman–Crippen LogP) is 0.838. The van der Waals surface area contributed by atoms with E-state index in [1.165, 1.54) is 12.8 Å². The number of pyridine rings is 1. The van der Waals surface area contributed by atoms with Gasteiger partial charge in [-0.15, -0.1) is 0 Å². The Morgan fingerprint density at radius 1 is 1.28 bits per heavy atom. The largest absolute Gasteiger partial charge is 0.357 e. The number of aliphatic imine (C=N–C) groups is 1. The van der Waals surface area contributed by atoms with Crippen LogP contribution in [0.4, 0.5) is 5.82 Å². The molecule has 0 aromatic carbocycles. The summed E-state index contributed by atoms with van der Waals surface area (Å²) in [6.45, 7) is 6.58. The van der Waals surface area contributed by atoms with Crippen LogP contribution in [-0.2, 0) is 4.79 Å². The number of hydrogen-bond donors (Lipinski definition) is 2. The van der Waals surface area contributed by atoms with Crippen molar-refractivity contribution < 1.29 is 4.79 Å². The lowest BCUT2D eigenvalue weighted by atomic mass is 10.2. The number of nitrogens with one attached hydrogen (secondary N) is 2. The van der Waals surface area contributed by atoms with E-state index >= 15 is 0 Å². The van der Waals surface area contributed by atoms with E-state index in [0.717, 1.165) is 44.5 Å². The molecule has 1 aromatic rings. The molecule has 0 radical (unpaired) electrons. The Kier molecular flexibility index (Phi) is 6.09. The minimum Gasteiger partial charge on any atom is -0.357 e. The van der Waals surface area contributed by atoms with E-state index < -0.39 is 0 Å². The number of hydrogen-bond acceptors (Lipinski definition) is 4. The van der Waals surface area contributed by atoms with E-state index in [2.05, 4.69) is 32.4 Å². The number of rotatable bonds is 6. The van der Waals surface area contributed by atoms with Gasteiger partial charge in [0.15, 0.2) is 5.96 Å². The van der Waals surface area contributed by atoms with Crippen LogP contribution in [0.25, 0.3) is 0 Å². The molecule has 2 fully saturated rings. The molecule has 1 aromatic heterocycles. The molecule has 0 bridgehead atoms. The van der Waals surface area contributed by atoms with Crippen LogP contribution in [0.15, 0.2) is 29.4 Å². The lowest BCUT2D eigenvalue weighted by molar-refractivity contribution is -0.131. The maximum atomic E-state index is 12.4. The average Bonchev–Trinajstić information content (AvgIpc) is 3.47. The van der Waals surface area contributed by atoms with Crippen LogP contribution in [-0.4, -0.2) is 67.1 Å². The average molecular weight is 344 g/mol. The Morgan fingerprint density at radius 3 is 2.72 bits per heavy atom. The first-order chi connectivity index (χ1) is 12.3. The summed E-state index contributed by atoms with van der Waals surface area (Å²) in [6.07, 6.45) is 4.70. The van der Waals surface area contributed by atoms with Crippen LogP contribution in [0.2, 0.25) is 0 Å². The van der Waals surface area contributed by atoms with E-state index in [1.807, 2.05) is 29.3 Å². The molecule has 0 unspecified atom stereocenters. The third kappa shape index (κ3) is 5.34. The molecular formula is C18H28N6O. The zero-order valence-electron chi connectivity index (χ0n) is 14.9. The monoisotopic (exact) mass is 344 g/mol. The van der Waals surface area contributed by atoms with Gasteiger partial charge < -0.3 is 20.4 Å². The van der Waals surface area contributed by atoms with Gasteiger partial charge in [-0.25, -0.2) is 4.98 Å². The van der Waals surface area contributed by atoms with Gasteiger partial charge in [-0.05, 0) is 31.9 Å². The van der Waals surface area contributed by atoms with Crippen molar-refractivity contribution in [2.24, 2.45) is 4.99 Å². The molecule has 1 aliphatic carbocycles. The van der Waals surface area contributed by atoms with Crippen LogP contribution in [0.5, 0.6) is 0 Å². The lowest BCUT2D eigenvalue weighted by Gasteiger charge is -2.35. The molecular weight excluding hydrogens is 316 g/mol. The minimum absolute atomic E-state index is 0.187. The maximum Gasteiger partial charge on any atom is 0.224 e. The number of anilines is 1. The summed E-state index contributed by atoms with van der Waals surface area (Å²) >= 11 is 0. The zero-order valence-corrected chi connectivity index (χ0v) is 14.9. The molecule has 1 saturated heterocycles. The second-order valence-corrected chi connectivity index (χ2v) is 6.49. The fourth-order valence-electron chi connectivity index (χ4n) is 2.89. The van der Waals surface area contributed by atoms with Crippen LogP contribution < -0.4 is 15.5 Å². The molecule has 25 heavy (non-hydrogen) atoms. The van der Waals surface area contributed by atoms with Crippen molar-refractivity contribution in [2.75, 3.05) is 44.2 Å². The first-order valence-electron chi connectivity index (χ1n) is 9.25. The number of carbonyl (C=O) groups excluding carboxylic acids is 1. The number of aromatic nitrogens is 1. The summed E-state index contributed by atoms with van der Waals surface area (Å²) in [4.78, 5) is 25.5. The highest BCUT2D eigenvalue weighted by Crippen LogP contribution is 2.18. The molecule has 1 amide bonds. The Labute approximate surface area is 149 Å². The fraction of sp³-hybridized carbons (Fsp3) is 0.611. The van der Waals surface area contributed by atoms with Crippen molar-refractivity contribution in [3.63, 3.8) is 0 Å². The summed E-state index contributed by atoms with van der Waals surface area (Å²) in [6, 6.07) is 6.49. The Balaban J connectivity index is 1.41. The highest BCUT2D eigenvalue weighted by Gasteiger charge is 2.23. The Bertz CT molecular complexity index is 578. The zero-order chi connectivity index (χ0) is 17.5. The molecule has 2 aliphatic rings. The lowest BCUT2D eigenvalue weighted by Crippen LogP contribution is -2.49. The molecule has 0 atom stereocenters. The molecule has 136 valence electrons. The highest BCUT2D eigenvalue weighted by atomic mass is 16.2. The third-order valence-electron chi connectivity index (χ3n) is 4.46. The number of guanidine groups is 1. The van der Waals surface area contributed by atoms with E-state index in [-0.39, 0.29) is 5.91 Å². The van der Waals surface area contributed by atoms with Gasteiger partial charge in [-0.3, -0.25) is 9.79 Å². The topological polar surface area (TPSA) is 72.9 Å². The summed E-state index contributed by atoms with van der Waals surface area (Å²) in [5.41, 5.74) is 0. The van der Waals surface area contributed by atoms with Gasteiger partial charge in [0.1, 0.15) is 5.82 Å². The SMILES string of the molecule is CCNC(=NCCC(=O)N1CCN(c2ccccn2)CC1)NC1CC1. The second-order valence-electron chi connectivity index (χ2n) is 6.49. The third-order valence-corrected chi connectivity index (χ3v) is 4.46. The van der Waals surface area contributed by atoms with Crippen LogP contribution in [0, 0.1) is 0 Å². The van der Waals surface area contributed by atoms with E-state index in [4.69, 9.17) is 0 Å². The van der Waals surface area contributed by atoms with Crippen molar-refractivity contribution in [1.29, 1.82) is 0 Å². The van der Waals surface area contributed by atoms with Gasteiger partial charge in [0, 0.05) is 51.4 Å². The standard InChI is InChI=1S/C18H28N6O/c1-2-19-18(22-15-6-7-15)21-10-8-17(25)24-13-11-23(12-14-24)16-5-3-4-9-20-16/h3-5,9,15H,2,6-8,10-14H2,1H3,(H2,19,21,22). The molecule has 1 aliphatic heterocycles. The van der Waals surface area contributed by atoms with E-state index in [0.29, 0.717) is 19.0 Å². The summed E-state index contributed by atoms with van der Waals surface area (Å²) < 4.78 is 0. The summed E-state index contributed by atoms with van der Waals surface area (Å²) in [5, 5.41) is 6.60. The van der Waals surface area contributed by atoms with Gasteiger partial charge in [-0.1, -0.05) is 6.07 Å². The van der Waals surface area contributed by atoms with Gasteiger partial charge in [0.05, 0.1) is 6.54 Å². The van der Waals surface area contributed by atoms with Crippen molar-refractivity contribution >= 4 is 17.7 Å². The number of amides is 1. The summed E-state index contributed by atoms with van der Waals surface area (Å²) in [7, 11) is 0. The molecule has 3 rings (SSSR count). The van der Waals surface area contributed by atoms with Crippen LogP contribution in [0.1, 0.15) is 26.2 Å². The highest BCUT2D eigenvalue weighted by molar-refractivity contribution is 5.81. The molecule has 2 heterocycles. The Morgan fingerprint density at radius 2 is 2.08 bits per heavy atom. The Hall–Kier alpha value is -2.31. The first-order valence-corrected chi connectivity index (χ1v) is 9.25. The predicted molar refractivity (Wildman–Crippen MR) is 99.8 cm³/mol. The van der Waals surface area contributed by atoms with Crippen LogP contribution >= 0.6 is 0 Å². The van der Waals surface area contributed by atoms with E-state index in [9.17, 15) is 4.79 Å². The quantitative estimate of drug-likeness (QED) is 0.591. The van der Waals surface area contributed by atoms with Gasteiger partial charge >= 0.3 is 0 Å². The number of piperazine rings is 1. The first kappa shape index (κ1) is 17.5. The maximum absolute atomic E-state index is 12.4. The molecule has 1 saturated carbocycles. The van der Waals surface area contributed by atoms with Crippen molar-refractivity contribution in [3.8, 4) is 0 Å². The molecule has 0 spiro atoms. The van der Waals surface area contributed by atoms with E-state index in [1.54, 1.807) is 0 Å². The molecule has 7 nitrogen and oxygen atoms in total. The minimum atomic E-state index is 0.187. The van der Waals surface area contributed by atoms with Crippen molar-refractivity contribution in [3.05, 3.63) is 24.4 Å². The van der Waals surface area contributed by atoms with Gasteiger partial charge in [0.2, 0.25) is 5.91 Å². The number of carbonyl (C=O) groups is 1. The second kappa shape index (κ2) is 8.69. The normalized spacial score (nSPS) is 18.2.